The van der Waals surface area contributed by atoms with Crippen LogP contribution in [0.5, 0.6) is 0 Å². The molecule has 1 saturated heterocycles. The minimum Gasteiger partial charge on any atom is -0.463 e. The quantitative estimate of drug-likeness (QED) is 0.669. The van der Waals surface area contributed by atoms with Gasteiger partial charge < -0.3 is 19.3 Å². The maximum absolute atomic E-state index is 12.9. The number of nitrogens with zero attached hydrogens (tertiary/aromatic N) is 5. The van der Waals surface area contributed by atoms with Gasteiger partial charge >= 0.3 is 5.97 Å². The number of rotatable bonds is 4. The number of aliphatic hydroxyl groups excluding tert-OH is 1. The average molecular weight is 401 g/mol. The molecule has 11 nitrogen and oxygen atoms in total. The first-order valence-electron chi connectivity index (χ1n) is 9.03. The third kappa shape index (κ3) is 2.93. The lowest BCUT2D eigenvalue weighted by atomic mass is 9.94. The molecule has 0 bridgehead atoms. The molecule has 0 amide bonds. The molecule has 4 rings (SSSR count). The zero-order chi connectivity index (χ0) is 20.8. The lowest BCUT2D eigenvalue weighted by Crippen LogP contribution is -2.42. The third-order valence-corrected chi connectivity index (χ3v) is 4.87. The molecule has 0 unspecified atom stereocenters. The van der Waals surface area contributed by atoms with Crippen molar-refractivity contribution in [3.63, 3.8) is 0 Å². The fraction of sp³-hybridized carbons (Fsp3) is 0.500. The highest BCUT2D eigenvalue weighted by molar-refractivity contribution is 6.05. The number of esters is 1. The second-order valence-electron chi connectivity index (χ2n) is 7.10. The maximum Gasteiger partial charge on any atom is 0.308 e. The molecule has 0 saturated carbocycles. The van der Waals surface area contributed by atoms with Gasteiger partial charge in [-0.15, -0.1) is 0 Å². The monoisotopic (exact) mass is 401 g/mol. The molecule has 1 aromatic heterocycles. The van der Waals surface area contributed by atoms with Crippen LogP contribution in [-0.4, -0.2) is 70.9 Å². The van der Waals surface area contributed by atoms with Crippen LogP contribution in [0.25, 0.3) is 0 Å². The summed E-state index contributed by atoms with van der Waals surface area (Å²) in [6, 6.07) is 5.07. The van der Waals surface area contributed by atoms with Crippen LogP contribution in [0, 0.1) is 17.2 Å². The van der Waals surface area contributed by atoms with E-state index in [9.17, 15) is 20.0 Å². The van der Waals surface area contributed by atoms with E-state index in [1.165, 1.54) is 17.1 Å². The summed E-state index contributed by atoms with van der Waals surface area (Å²) in [6.07, 6.45) is -1.32. The van der Waals surface area contributed by atoms with Crippen molar-refractivity contribution in [1.82, 2.24) is 9.58 Å². The van der Waals surface area contributed by atoms with Crippen LogP contribution in [0.1, 0.15) is 25.2 Å². The first kappa shape index (κ1) is 19.3. The van der Waals surface area contributed by atoms with Gasteiger partial charge in [0.05, 0.1) is 11.6 Å². The fourth-order valence-corrected chi connectivity index (χ4v) is 3.33. The van der Waals surface area contributed by atoms with Crippen molar-refractivity contribution in [3.8, 4) is 6.07 Å². The molecule has 1 aromatic rings. The van der Waals surface area contributed by atoms with Crippen molar-refractivity contribution in [2.75, 3.05) is 20.1 Å². The van der Waals surface area contributed by atoms with Gasteiger partial charge in [0.15, 0.2) is 5.84 Å². The highest BCUT2D eigenvalue weighted by Crippen LogP contribution is 2.38. The van der Waals surface area contributed by atoms with Gasteiger partial charge in [0.25, 0.3) is 5.60 Å². The summed E-state index contributed by atoms with van der Waals surface area (Å²) >= 11 is 0. The Labute approximate surface area is 165 Å². The second-order valence-corrected chi connectivity index (χ2v) is 7.10. The van der Waals surface area contributed by atoms with E-state index in [1.54, 1.807) is 24.8 Å². The molecule has 11 heteroatoms. The lowest BCUT2D eigenvalue weighted by molar-refractivity contribution is -0.154. The van der Waals surface area contributed by atoms with Gasteiger partial charge in [-0.2, -0.15) is 10.4 Å². The molecular formula is C18H19N5O6. The van der Waals surface area contributed by atoms with Gasteiger partial charge in [0, 0.05) is 0 Å². The summed E-state index contributed by atoms with van der Waals surface area (Å²) in [6.45, 7) is 3.44. The van der Waals surface area contributed by atoms with Crippen LogP contribution in [0.3, 0.4) is 0 Å². The molecule has 29 heavy (non-hydrogen) atoms. The first-order chi connectivity index (χ1) is 13.9. The van der Waals surface area contributed by atoms with E-state index in [2.05, 4.69) is 10.1 Å². The lowest BCUT2D eigenvalue weighted by Gasteiger charge is -2.29. The van der Waals surface area contributed by atoms with Crippen LogP contribution in [0.15, 0.2) is 22.2 Å². The minimum absolute atomic E-state index is 0.141. The molecular weight excluding hydrogens is 382 g/mol. The Morgan fingerprint density at radius 1 is 1.52 bits per heavy atom. The number of Topliss-reactive ketones (excluding diaryl/α,β-unsaturated/α-hetero) is 1. The van der Waals surface area contributed by atoms with Gasteiger partial charge in [-0.05, 0) is 12.1 Å². The summed E-state index contributed by atoms with van der Waals surface area (Å²) < 4.78 is 17.4. The Morgan fingerprint density at radius 3 is 3.03 bits per heavy atom. The Hall–Kier alpha value is -3.07. The number of aliphatic hydroxyl groups is 1. The number of hydrogen-bond acceptors (Lipinski definition) is 10. The zero-order valence-electron chi connectivity index (χ0n) is 15.8. The molecule has 152 valence electrons. The van der Waals surface area contributed by atoms with E-state index >= 15 is 0 Å². The Bertz CT molecular complexity index is 960. The third-order valence-electron chi connectivity index (χ3n) is 4.87. The highest BCUT2D eigenvalue weighted by Gasteiger charge is 2.58. The summed E-state index contributed by atoms with van der Waals surface area (Å²) in [4.78, 5) is 30.5. The molecule has 3 atom stereocenters. The predicted octanol–water partition coefficient (Wildman–Crippen LogP) is -0.466. The minimum atomic E-state index is -2.09. The van der Waals surface area contributed by atoms with E-state index in [4.69, 9.17) is 14.2 Å². The molecule has 0 aliphatic carbocycles. The normalized spacial score (nSPS) is 28.0. The fourth-order valence-electron chi connectivity index (χ4n) is 3.33. The maximum atomic E-state index is 12.9. The number of fused-ring (bicyclic) bond motifs is 3. The van der Waals surface area contributed by atoms with Crippen LogP contribution in [0.2, 0.25) is 0 Å². The average Bonchev–Trinajstić information content (AvgIpc) is 3.27. The number of carbonyl (C=O) groups excluding carboxylic acids is 2. The van der Waals surface area contributed by atoms with Crippen molar-refractivity contribution in [1.29, 1.82) is 5.26 Å². The number of hydrogen-bond donors (Lipinski definition) is 1. The molecule has 0 radical (unpaired) electrons. The number of ketones is 1. The SMILES string of the molecule is CC(C)C(=O)OC[C@H]1O[C@@](C#N)(c2ccc3n2N=CN2COCN=C32)C(=O)[C@@H]1O. The summed E-state index contributed by atoms with van der Waals surface area (Å²) in [5.74, 6) is -1.12. The number of aliphatic imine (C=N–C) groups is 1. The van der Waals surface area contributed by atoms with Gasteiger partial charge in [-0.25, -0.2) is 9.67 Å². The molecule has 0 aromatic carbocycles. The number of amidine groups is 1. The van der Waals surface area contributed by atoms with E-state index < -0.39 is 29.6 Å². The Morgan fingerprint density at radius 2 is 2.31 bits per heavy atom. The summed E-state index contributed by atoms with van der Waals surface area (Å²) in [7, 11) is 0. The predicted molar refractivity (Wildman–Crippen MR) is 96.5 cm³/mol. The summed E-state index contributed by atoms with van der Waals surface area (Å²) in [5, 5.41) is 24.5. The van der Waals surface area contributed by atoms with Crippen molar-refractivity contribution < 1.29 is 28.9 Å². The summed E-state index contributed by atoms with van der Waals surface area (Å²) in [5.41, 5.74) is -1.39. The van der Waals surface area contributed by atoms with E-state index in [0.717, 1.165) is 0 Å². The first-order valence-corrected chi connectivity index (χ1v) is 9.03. The highest BCUT2D eigenvalue weighted by atomic mass is 16.6. The van der Waals surface area contributed by atoms with Crippen molar-refractivity contribution in [2.45, 2.75) is 31.7 Å². The largest absolute Gasteiger partial charge is 0.463 e. The number of aromatic nitrogens is 1. The van der Waals surface area contributed by atoms with Crippen LogP contribution >= 0.6 is 0 Å². The number of ether oxygens (including phenoxy) is 3. The van der Waals surface area contributed by atoms with Crippen molar-refractivity contribution in [2.24, 2.45) is 16.0 Å². The molecule has 3 aliphatic rings. The van der Waals surface area contributed by atoms with E-state index in [0.29, 0.717) is 11.5 Å². The van der Waals surface area contributed by atoms with Gasteiger partial charge in [0.1, 0.15) is 50.4 Å². The van der Waals surface area contributed by atoms with Gasteiger partial charge in [0.2, 0.25) is 5.78 Å². The van der Waals surface area contributed by atoms with Crippen molar-refractivity contribution >= 4 is 23.9 Å². The molecule has 3 aliphatic heterocycles. The van der Waals surface area contributed by atoms with Gasteiger partial charge in [-0.1, -0.05) is 13.8 Å². The second kappa shape index (κ2) is 7.07. The van der Waals surface area contributed by atoms with Crippen molar-refractivity contribution in [3.05, 3.63) is 23.5 Å². The topological polar surface area (TPSA) is 139 Å². The molecule has 1 fully saturated rings. The van der Waals surface area contributed by atoms with Crippen LogP contribution in [-0.2, 0) is 29.4 Å². The van der Waals surface area contributed by atoms with Crippen LogP contribution in [0.4, 0.5) is 0 Å². The van der Waals surface area contributed by atoms with Crippen LogP contribution < -0.4 is 0 Å². The molecule has 1 N–H and O–H groups in total. The van der Waals surface area contributed by atoms with Gasteiger partial charge in [-0.3, -0.25) is 14.5 Å². The zero-order valence-corrected chi connectivity index (χ0v) is 15.8. The standard InChI is InChI=1S/C18H19N5O6/c1-10(2)17(26)28-5-12-14(24)15(25)18(6-19,29-12)13-4-3-11-16-20-8-27-9-22(16)7-21-23(11)13/h3-4,7,10,12,14,24H,5,8-9H2,1-2H3/t12-,14-,18+/m1/s1. The van der Waals surface area contributed by atoms with E-state index in [1.807, 2.05) is 6.07 Å². The number of nitriles is 1. The molecule has 0 spiro atoms. The molecule has 4 heterocycles. The smallest absolute Gasteiger partial charge is 0.308 e. The number of carbonyl (C=O) groups is 2. The Kier molecular flexibility index (Phi) is 4.70. The Balaban J connectivity index is 1.66. The van der Waals surface area contributed by atoms with E-state index in [-0.39, 0.29) is 31.7 Å².